The maximum Gasteiger partial charge on any atom is 0.408 e. The van der Waals surface area contributed by atoms with Crippen LogP contribution in [0.2, 0.25) is 0 Å². The molecule has 4 aromatic rings. The lowest BCUT2D eigenvalue weighted by atomic mass is 10.1. The molecule has 7 nitrogen and oxygen atoms in total. The zero-order valence-electron chi connectivity index (χ0n) is 20.4. The highest BCUT2D eigenvalue weighted by molar-refractivity contribution is 5.85. The van der Waals surface area contributed by atoms with E-state index in [4.69, 9.17) is 9.47 Å². The summed E-state index contributed by atoms with van der Waals surface area (Å²) in [6.45, 7) is 0.867. The molecule has 7 heteroatoms. The van der Waals surface area contributed by atoms with Crippen molar-refractivity contribution in [2.45, 2.75) is 32.2 Å². The Labute approximate surface area is 216 Å². The SMILES string of the molecule is O=C(NC(Cc1ccccc1)C(=O)NCc1ccc(OCc2cccnc2)cc1)OCc1ccccc1. The molecule has 0 saturated heterocycles. The topological polar surface area (TPSA) is 89.6 Å². The van der Waals surface area contributed by atoms with Crippen molar-refractivity contribution < 1.29 is 19.1 Å². The Hall–Kier alpha value is -4.65. The highest BCUT2D eigenvalue weighted by Crippen LogP contribution is 2.14. The molecule has 1 atom stereocenters. The Balaban J connectivity index is 1.31. The van der Waals surface area contributed by atoms with E-state index in [-0.39, 0.29) is 12.5 Å². The molecule has 1 unspecified atom stereocenters. The van der Waals surface area contributed by atoms with Crippen LogP contribution in [0.25, 0.3) is 0 Å². The number of nitrogens with one attached hydrogen (secondary N) is 2. The Morgan fingerprint density at radius 1 is 0.730 bits per heavy atom. The van der Waals surface area contributed by atoms with Gasteiger partial charge in [-0.1, -0.05) is 78.9 Å². The van der Waals surface area contributed by atoms with E-state index in [0.29, 0.717) is 19.6 Å². The van der Waals surface area contributed by atoms with Crippen molar-refractivity contribution in [3.8, 4) is 5.75 Å². The van der Waals surface area contributed by atoms with Gasteiger partial charge >= 0.3 is 6.09 Å². The molecule has 0 fully saturated rings. The van der Waals surface area contributed by atoms with Crippen LogP contribution in [-0.2, 0) is 35.7 Å². The van der Waals surface area contributed by atoms with Crippen LogP contribution in [0.3, 0.4) is 0 Å². The van der Waals surface area contributed by atoms with Gasteiger partial charge in [0.2, 0.25) is 5.91 Å². The zero-order valence-corrected chi connectivity index (χ0v) is 20.4. The second-order valence-electron chi connectivity index (χ2n) is 8.46. The molecule has 1 aromatic heterocycles. The summed E-state index contributed by atoms with van der Waals surface area (Å²) >= 11 is 0. The average Bonchev–Trinajstić information content (AvgIpc) is 2.95. The number of hydrogen-bond acceptors (Lipinski definition) is 5. The van der Waals surface area contributed by atoms with Gasteiger partial charge < -0.3 is 20.1 Å². The van der Waals surface area contributed by atoms with E-state index < -0.39 is 12.1 Å². The van der Waals surface area contributed by atoms with Crippen LogP contribution in [0.1, 0.15) is 22.3 Å². The van der Waals surface area contributed by atoms with Crippen molar-refractivity contribution in [3.63, 3.8) is 0 Å². The van der Waals surface area contributed by atoms with Crippen LogP contribution >= 0.6 is 0 Å². The van der Waals surface area contributed by atoms with E-state index in [1.807, 2.05) is 97.1 Å². The molecule has 3 aromatic carbocycles. The molecule has 0 saturated carbocycles. The third-order valence-electron chi connectivity index (χ3n) is 5.62. The summed E-state index contributed by atoms with van der Waals surface area (Å²) in [4.78, 5) is 29.6. The largest absolute Gasteiger partial charge is 0.489 e. The van der Waals surface area contributed by atoms with E-state index in [0.717, 1.165) is 28.0 Å². The van der Waals surface area contributed by atoms with Crippen molar-refractivity contribution >= 4 is 12.0 Å². The maximum absolute atomic E-state index is 13.0. The van der Waals surface area contributed by atoms with E-state index in [9.17, 15) is 9.59 Å². The lowest BCUT2D eigenvalue weighted by Gasteiger charge is -2.19. The van der Waals surface area contributed by atoms with Gasteiger partial charge in [-0.05, 0) is 34.9 Å². The number of amides is 2. The first kappa shape index (κ1) is 25.4. The first-order chi connectivity index (χ1) is 18.2. The lowest BCUT2D eigenvalue weighted by Crippen LogP contribution is -2.48. The van der Waals surface area contributed by atoms with Crippen LogP contribution in [0, 0.1) is 0 Å². The van der Waals surface area contributed by atoms with Crippen molar-refractivity contribution in [3.05, 3.63) is 132 Å². The summed E-state index contributed by atoms with van der Waals surface area (Å²) in [5.74, 6) is 0.432. The van der Waals surface area contributed by atoms with Crippen LogP contribution < -0.4 is 15.4 Å². The van der Waals surface area contributed by atoms with Gasteiger partial charge in [0.1, 0.15) is 25.0 Å². The molecule has 0 aliphatic heterocycles. The van der Waals surface area contributed by atoms with Crippen LogP contribution in [0.15, 0.2) is 109 Å². The summed E-state index contributed by atoms with van der Waals surface area (Å²) in [5, 5.41) is 5.63. The number of hydrogen-bond donors (Lipinski definition) is 2. The molecule has 0 bridgehead atoms. The van der Waals surface area contributed by atoms with E-state index in [1.165, 1.54) is 0 Å². The summed E-state index contributed by atoms with van der Waals surface area (Å²) in [7, 11) is 0. The second-order valence-corrected chi connectivity index (χ2v) is 8.46. The molecule has 4 rings (SSSR count). The quantitative estimate of drug-likeness (QED) is 0.312. The average molecular weight is 496 g/mol. The fourth-order valence-corrected chi connectivity index (χ4v) is 3.63. The standard InChI is InChI=1S/C30H29N3O4/c34-29(32-20-24-13-15-27(16-14-24)36-22-26-12-7-17-31-19-26)28(18-23-8-3-1-4-9-23)33-30(35)37-21-25-10-5-2-6-11-25/h1-17,19,28H,18,20-22H2,(H,32,34)(H,33,35). The van der Waals surface area contributed by atoms with Gasteiger partial charge in [-0.15, -0.1) is 0 Å². The lowest BCUT2D eigenvalue weighted by molar-refractivity contribution is -0.123. The van der Waals surface area contributed by atoms with Crippen molar-refractivity contribution in [2.24, 2.45) is 0 Å². The molecule has 0 aliphatic carbocycles. The van der Waals surface area contributed by atoms with Gasteiger partial charge in [-0.2, -0.15) is 0 Å². The summed E-state index contributed by atoms with van der Waals surface area (Å²) in [6.07, 6.45) is 3.19. The maximum atomic E-state index is 13.0. The number of carbonyl (C=O) groups excluding carboxylic acids is 2. The fraction of sp³-hybridized carbons (Fsp3) is 0.167. The molecule has 2 amide bonds. The minimum absolute atomic E-state index is 0.127. The Morgan fingerprint density at radius 2 is 1.41 bits per heavy atom. The van der Waals surface area contributed by atoms with Crippen LogP contribution in [0.4, 0.5) is 4.79 Å². The molecular formula is C30H29N3O4. The summed E-state index contributed by atoms with van der Waals surface area (Å²) < 4.78 is 11.1. The number of alkyl carbamates (subject to hydrolysis) is 1. The molecule has 0 spiro atoms. The van der Waals surface area contributed by atoms with E-state index in [1.54, 1.807) is 12.4 Å². The number of ether oxygens (including phenoxy) is 2. The Morgan fingerprint density at radius 3 is 2.08 bits per heavy atom. The highest BCUT2D eigenvalue weighted by atomic mass is 16.5. The van der Waals surface area contributed by atoms with Gasteiger partial charge in [-0.3, -0.25) is 9.78 Å². The minimum atomic E-state index is -0.784. The third kappa shape index (κ3) is 8.50. The molecular weight excluding hydrogens is 466 g/mol. The first-order valence-electron chi connectivity index (χ1n) is 12.1. The number of nitrogens with zero attached hydrogens (tertiary/aromatic N) is 1. The van der Waals surface area contributed by atoms with Crippen LogP contribution in [0.5, 0.6) is 5.75 Å². The smallest absolute Gasteiger partial charge is 0.408 e. The van der Waals surface area contributed by atoms with Gasteiger partial charge in [0.25, 0.3) is 0 Å². The van der Waals surface area contributed by atoms with Gasteiger partial charge in [0.05, 0.1) is 0 Å². The number of rotatable bonds is 11. The number of benzene rings is 3. The minimum Gasteiger partial charge on any atom is -0.489 e. The summed E-state index contributed by atoms with van der Waals surface area (Å²) in [6, 6.07) is 29.5. The summed E-state index contributed by atoms with van der Waals surface area (Å²) in [5.41, 5.74) is 3.70. The Bertz CT molecular complexity index is 1250. The molecule has 2 N–H and O–H groups in total. The predicted octanol–water partition coefficient (Wildman–Crippen LogP) is 4.81. The normalized spacial score (nSPS) is 11.2. The van der Waals surface area contributed by atoms with Gasteiger partial charge in [0.15, 0.2) is 0 Å². The monoisotopic (exact) mass is 495 g/mol. The predicted molar refractivity (Wildman–Crippen MR) is 141 cm³/mol. The van der Waals surface area contributed by atoms with Gasteiger partial charge in [0, 0.05) is 30.9 Å². The number of pyridine rings is 1. The second kappa shape index (κ2) is 13.4. The number of carbonyl (C=O) groups is 2. The van der Waals surface area contributed by atoms with Crippen molar-refractivity contribution in [2.75, 3.05) is 0 Å². The first-order valence-corrected chi connectivity index (χ1v) is 12.1. The molecule has 0 aliphatic rings. The van der Waals surface area contributed by atoms with E-state index in [2.05, 4.69) is 15.6 Å². The zero-order chi connectivity index (χ0) is 25.7. The highest BCUT2D eigenvalue weighted by Gasteiger charge is 2.22. The van der Waals surface area contributed by atoms with Crippen molar-refractivity contribution in [1.29, 1.82) is 0 Å². The molecule has 1 heterocycles. The third-order valence-corrected chi connectivity index (χ3v) is 5.62. The van der Waals surface area contributed by atoms with Crippen LogP contribution in [-0.4, -0.2) is 23.0 Å². The molecule has 0 radical (unpaired) electrons. The van der Waals surface area contributed by atoms with Gasteiger partial charge in [-0.25, -0.2) is 4.79 Å². The Kier molecular flexibility index (Phi) is 9.24. The molecule has 188 valence electrons. The van der Waals surface area contributed by atoms with E-state index >= 15 is 0 Å². The fourth-order valence-electron chi connectivity index (χ4n) is 3.63. The number of aromatic nitrogens is 1. The van der Waals surface area contributed by atoms with Crippen molar-refractivity contribution in [1.82, 2.24) is 15.6 Å². The molecule has 37 heavy (non-hydrogen) atoms.